The summed E-state index contributed by atoms with van der Waals surface area (Å²) in [5.74, 6) is -4.40. The van der Waals surface area contributed by atoms with Gasteiger partial charge in [-0.2, -0.15) is 4.39 Å². The summed E-state index contributed by atoms with van der Waals surface area (Å²) in [6.45, 7) is -0.189. The molecule has 4 fully saturated rings. The maximum atomic E-state index is 16.0. The molecule has 1 saturated carbocycles. The molecule has 3 aromatic rings. The van der Waals surface area contributed by atoms with E-state index in [4.69, 9.17) is 18.9 Å². The molecule has 5 heterocycles. The zero-order chi connectivity index (χ0) is 28.5. The number of aryl methyl sites for hydroxylation is 1. The first-order chi connectivity index (χ1) is 19.8. The van der Waals surface area contributed by atoms with Gasteiger partial charge >= 0.3 is 12.1 Å². The number of rotatable bonds is 9. The fourth-order valence-electron chi connectivity index (χ4n) is 6.04. The van der Waals surface area contributed by atoms with E-state index in [0.717, 1.165) is 43.2 Å². The number of nitrogens with one attached hydrogen (secondary N) is 1. The first-order valence-corrected chi connectivity index (χ1v) is 13.8. The summed E-state index contributed by atoms with van der Waals surface area (Å²) >= 11 is 0. The molecule has 11 heteroatoms. The third kappa shape index (κ3) is 5.69. The van der Waals surface area contributed by atoms with Gasteiger partial charge in [0.15, 0.2) is 5.92 Å². The summed E-state index contributed by atoms with van der Waals surface area (Å²) in [4.78, 5) is 33.0. The minimum absolute atomic E-state index is 0.0230. The van der Waals surface area contributed by atoms with Gasteiger partial charge in [-0.15, -0.1) is 0 Å². The van der Waals surface area contributed by atoms with E-state index in [1.54, 1.807) is 12.3 Å². The average molecular weight is 566 g/mol. The van der Waals surface area contributed by atoms with Crippen molar-refractivity contribution in [2.24, 2.45) is 5.92 Å². The number of aromatic nitrogens is 2. The van der Waals surface area contributed by atoms with Crippen LogP contribution in [0.4, 0.5) is 9.18 Å². The van der Waals surface area contributed by atoms with Crippen molar-refractivity contribution in [3.8, 4) is 5.88 Å². The number of carboxylic acid groups (broad SMARTS) is 1. The molecule has 10 nitrogen and oxygen atoms in total. The quantitative estimate of drug-likeness (QED) is 0.364. The van der Waals surface area contributed by atoms with Crippen LogP contribution in [0.5, 0.6) is 5.88 Å². The van der Waals surface area contributed by atoms with Crippen LogP contribution in [0.15, 0.2) is 54.7 Å². The summed E-state index contributed by atoms with van der Waals surface area (Å²) < 4.78 is 38.5. The van der Waals surface area contributed by atoms with Crippen molar-refractivity contribution in [3.63, 3.8) is 0 Å². The van der Waals surface area contributed by atoms with Gasteiger partial charge in [0.05, 0.1) is 35.4 Å². The van der Waals surface area contributed by atoms with E-state index in [-0.39, 0.29) is 24.7 Å². The Morgan fingerprint density at radius 2 is 1.88 bits per heavy atom. The lowest BCUT2D eigenvalue weighted by Gasteiger charge is -2.53. The molecule has 2 N–H and O–H groups in total. The van der Waals surface area contributed by atoms with E-state index in [2.05, 4.69) is 15.3 Å². The lowest BCUT2D eigenvalue weighted by Crippen LogP contribution is -2.62. The van der Waals surface area contributed by atoms with Crippen molar-refractivity contribution in [2.75, 3.05) is 19.8 Å². The Morgan fingerprint density at radius 3 is 2.61 bits per heavy atom. The van der Waals surface area contributed by atoms with Gasteiger partial charge in [0.1, 0.15) is 13.2 Å². The number of hydrogen-bond acceptors (Lipinski definition) is 8. The summed E-state index contributed by atoms with van der Waals surface area (Å²) in [5.41, 5.74) is 2.12. The van der Waals surface area contributed by atoms with Crippen LogP contribution in [0.3, 0.4) is 0 Å². The Labute approximate surface area is 236 Å². The van der Waals surface area contributed by atoms with Crippen LogP contribution in [-0.2, 0) is 32.0 Å². The lowest BCUT2D eigenvalue weighted by molar-refractivity contribution is -0.165. The van der Waals surface area contributed by atoms with Crippen LogP contribution in [-0.4, -0.2) is 64.0 Å². The number of hydrogen-bond donors (Lipinski definition) is 2. The smallest absolute Gasteiger partial charge is 0.405 e. The van der Waals surface area contributed by atoms with E-state index >= 15 is 4.39 Å². The minimum atomic E-state index is -2.43. The molecule has 1 aromatic carbocycles. The molecule has 3 aliphatic heterocycles. The number of carbonyl (C=O) groups excluding carboxylic acids is 1. The number of halogens is 1. The Hall–Kier alpha value is -3.83. The van der Waals surface area contributed by atoms with E-state index in [1.807, 2.05) is 36.4 Å². The highest BCUT2D eigenvalue weighted by Gasteiger charge is 2.53. The third-order valence-corrected chi connectivity index (χ3v) is 8.52. The zero-order valence-corrected chi connectivity index (χ0v) is 22.5. The van der Waals surface area contributed by atoms with Crippen molar-refractivity contribution in [1.82, 2.24) is 15.3 Å². The lowest BCUT2D eigenvalue weighted by atomic mass is 9.69. The Morgan fingerprint density at radius 1 is 1.07 bits per heavy atom. The van der Waals surface area contributed by atoms with Gasteiger partial charge < -0.3 is 29.4 Å². The maximum absolute atomic E-state index is 16.0. The molecule has 7 rings (SSSR count). The van der Waals surface area contributed by atoms with Crippen LogP contribution in [0.1, 0.15) is 43.2 Å². The van der Waals surface area contributed by atoms with E-state index < -0.39 is 36.0 Å². The fourth-order valence-corrected chi connectivity index (χ4v) is 6.04. The van der Waals surface area contributed by atoms with E-state index in [9.17, 15) is 14.7 Å². The predicted octanol–water partition coefficient (Wildman–Crippen LogP) is 4.35. The maximum Gasteiger partial charge on any atom is 0.405 e. The predicted molar refractivity (Wildman–Crippen MR) is 144 cm³/mol. The Bertz CT molecular complexity index is 1410. The van der Waals surface area contributed by atoms with Gasteiger partial charge in [-0.1, -0.05) is 30.3 Å². The van der Waals surface area contributed by atoms with Gasteiger partial charge in [-0.3, -0.25) is 9.78 Å². The highest BCUT2D eigenvalue weighted by Crippen LogP contribution is 2.46. The number of amides is 1. The summed E-state index contributed by atoms with van der Waals surface area (Å²) in [6.07, 6.45) is 5.08. The molecule has 0 radical (unpaired) electrons. The van der Waals surface area contributed by atoms with Crippen LogP contribution >= 0.6 is 0 Å². The van der Waals surface area contributed by atoms with E-state index in [0.29, 0.717) is 24.1 Å². The summed E-state index contributed by atoms with van der Waals surface area (Å²) in [7, 11) is 0. The van der Waals surface area contributed by atoms with Crippen LogP contribution < -0.4 is 10.1 Å². The van der Waals surface area contributed by atoms with Crippen LogP contribution in [0, 0.1) is 5.92 Å². The van der Waals surface area contributed by atoms with Crippen LogP contribution in [0.25, 0.3) is 11.0 Å². The second-order valence-corrected chi connectivity index (χ2v) is 11.2. The van der Waals surface area contributed by atoms with Crippen molar-refractivity contribution in [2.45, 2.75) is 62.1 Å². The standard InChI is InChI=1S/C30H32FN3O7/c31-30(19-38-17-22(30)26(35)39-16-20-4-2-1-3-5-20)41-24-7-6-23-25(33-24)21(9-15-32-23)8-10-29-13-11-28(12-14-29,18-40-29)34-27(36)37/h1-7,9,15,22,34H,8,10-14,16-19H2,(H,36,37). The Kier molecular flexibility index (Phi) is 7.25. The van der Waals surface area contributed by atoms with Gasteiger partial charge in [0.25, 0.3) is 5.85 Å². The number of nitrogens with zero attached hydrogens (tertiary/aromatic N) is 2. The fraction of sp³-hybridized carbons (Fsp3) is 0.467. The molecule has 2 bridgehead atoms. The SMILES string of the molecule is O=C(O)NC12CCC(CCc3ccnc4ccc(OC5(F)COCC5C(=O)OCc5ccccc5)nc34)(CC1)OC2. The number of benzene rings is 1. The normalized spacial score (nSPS) is 28.9. The minimum Gasteiger partial charge on any atom is -0.465 e. The molecular formula is C30H32FN3O7. The highest BCUT2D eigenvalue weighted by atomic mass is 19.2. The molecule has 2 atom stereocenters. The summed E-state index contributed by atoms with van der Waals surface area (Å²) in [6, 6.07) is 14.3. The molecule has 0 spiro atoms. The highest BCUT2D eigenvalue weighted by molar-refractivity contribution is 5.78. The second kappa shape index (κ2) is 10.9. The number of ether oxygens (including phenoxy) is 4. The average Bonchev–Trinajstić information content (AvgIpc) is 3.36. The molecule has 216 valence electrons. The van der Waals surface area contributed by atoms with Gasteiger partial charge in [0, 0.05) is 12.3 Å². The van der Waals surface area contributed by atoms with Crippen molar-refractivity contribution >= 4 is 23.1 Å². The van der Waals surface area contributed by atoms with Gasteiger partial charge in [-0.05, 0) is 61.8 Å². The molecule has 2 unspecified atom stereocenters. The van der Waals surface area contributed by atoms with E-state index in [1.165, 1.54) is 6.07 Å². The van der Waals surface area contributed by atoms with Crippen molar-refractivity contribution in [3.05, 3.63) is 65.9 Å². The number of pyridine rings is 2. The first-order valence-electron chi connectivity index (χ1n) is 13.8. The monoisotopic (exact) mass is 565 g/mol. The molecule has 41 heavy (non-hydrogen) atoms. The van der Waals surface area contributed by atoms with Crippen LogP contribution in [0.2, 0.25) is 0 Å². The number of alkyl halides is 1. The second-order valence-electron chi connectivity index (χ2n) is 11.2. The van der Waals surface area contributed by atoms with Crippen molar-refractivity contribution < 1.29 is 38.0 Å². The molecule has 1 aliphatic carbocycles. The number of esters is 1. The largest absolute Gasteiger partial charge is 0.465 e. The number of fused-ring (bicyclic) bond motifs is 4. The molecule has 4 aliphatic rings. The zero-order valence-electron chi connectivity index (χ0n) is 22.5. The Balaban J connectivity index is 1.13. The van der Waals surface area contributed by atoms with Gasteiger partial charge in [0.2, 0.25) is 5.88 Å². The topological polar surface area (TPSA) is 129 Å². The van der Waals surface area contributed by atoms with Crippen molar-refractivity contribution in [1.29, 1.82) is 0 Å². The van der Waals surface area contributed by atoms with Gasteiger partial charge in [-0.25, -0.2) is 9.78 Å². The molecule has 1 amide bonds. The molecular weight excluding hydrogens is 533 g/mol. The molecule has 2 aromatic heterocycles. The first kappa shape index (κ1) is 27.3. The summed E-state index contributed by atoms with van der Waals surface area (Å²) in [5, 5.41) is 11.8. The molecule has 3 saturated heterocycles. The third-order valence-electron chi connectivity index (χ3n) is 8.52. The number of carbonyl (C=O) groups is 2.